The number of hydrogen-bond donors (Lipinski definition) is 1. The smallest absolute Gasteiger partial charge is 0.319 e. The molecule has 0 aliphatic carbocycles. The lowest BCUT2D eigenvalue weighted by molar-refractivity contribution is -0.137. The number of nitrogens with zero attached hydrogens (tertiary/aromatic N) is 3. The summed E-state index contributed by atoms with van der Waals surface area (Å²) in [7, 11) is 3.25. The topological polar surface area (TPSA) is 84.6 Å². The molecule has 0 heterocycles. The van der Waals surface area contributed by atoms with Gasteiger partial charge in [0, 0.05) is 33.6 Å². The van der Waals surface area contributed by atoms with Gasteiger partial charge in [-0.1, -0.05) is 0 Å². The number of amides is 2. The average molecular weight is 241 g/mol. The summed E-state index contributed by atoms with van der Waals surface area (Å²) in [6.07, 6.45) is 0.481. The molecule has 0 fully saturated rings. The van der Waals surface area contributed by atoms with E-state index in [9.17, 15) is 9.59 Å². The highest BCUT2D eigenvalue weighted by atomic mass is 16.4. The second-order valence-electron chi connectivity index (χ2n) is 4.11. The molecule has 0 saturated heterocycles. The molecule has 0 radical (unpaired) electrons. The minimum atomic E-state index is -0.864. The third-order valence-corrected chi connectivity index (χ3v) is 2.31. The molecule has 1 unspecified atom stereocenters. The van der Waals surface area contributed by atoms with Gasteiger partial charge in [-0.2, -0.15) is 5.26 Å². The maximum Gasteiger partial charge on any atom is 0.319 e. The molecule has 0 aliphatic heterocycles. The van der Waals surface area contributed by atoms with E-state index < -0.39 is 5.97 Å². The van der Waals surface area contributed by atoms with Crippen molar-refractivity contribution in [2.24, 2.45) is 5.92 Å². The minimum absolute atomic E-state index is 0.0515. The van der Waals surface area contributed by atoms with Crippen LogP contribution in [0, 0.1) is 17.2 Å². The largest absolute Gasteiger partial charge is 0.481 e. The van der Waals surface area contributed by atoms with Crippen molar-refractivity contribution in [3.8, 4) is 6.07 Å². The zero-order valence-corrected chi connectivity index (χ0v) is 10.5. The summed E-state index contributed by atoms with van der Waals surface area (Å²) in [4.78, 5) is 25.0. The van der Waals surface area contributed by atoms with Crippen LogP contribution in [-0.4, -0.2) is 54.1 Å². The minimum Gasteiger partial charge on any atom is -0.481 e. The summed E-state index contributed by atoms with van der Waals surface area (Å²) in [6, 6.07) is 1.86. The molecule has 0 spiro atoms. The van der Waals surface area contributed by atoms with E-state index in [1.165, 1.54) is 9.80 Å². The fraction of sp³-hybridized carbons (Fsp3) is 0.727. The van der Waals surface area contributed by atoms with Gasteiger partial charge in [-0.05, 0) is 13.3 Å². The molecule has 1 atom stereocenters. The number of carboxylic acid groups (broad SMARTS) is 1. The van der Waals surface area contributed by atoms with Crippen molar-refractivity contribution < 1.29 is 14.7 Å². The Bertz CT molecular complexity index is 312. The number of carboxylic acids is 1. The Hall–Kier alpha value is -1.77. The highest BCUT2D eigenvalue weighted by molar-refractivity contribution is 5.74. The van der Waals surface area contributed by atoms with Gasteiger partial charge in [0.2, 0.25) is 0 Å². The van der Waals surface area contributed by atoms with Crippen LogP contribution in [0.3, 0.4) is 0 Å². The molecule has 1 N–H and O–H groups in total. The van der Waals surface area contributed by atoms with Crippen LogP contribution < -0.4 is 0 Å². The quantitative estimate of drug-likeness (QED) is 0.751. The van der Waals surface area contributed by atoms with Crippen LogP contribution in [0.25, 0.3) is 0 Å². The van der Waals surface area contributed by atoms with Crippen molar-refractivity contribution in [3.63, 3.8) is 0 Å². The Kier molecular flexibility index (Phi) is 6.71. The van der Waals surface area contributed by atoms with Crippen molar-refractivity contribution in [2.45, 2.75) is 19.8 Å². The van der Waals surface area contributed by atoms with E-state index in [0.717, 1.165) is 0 Å². The van der Waals surface area contributed by atoms with E-state index in [4.69, 9.17) is 10.4 Å². The van der Waals surface area contributed by atoms with Gasteiger partial charge in [0.05, 0.1) is 12.0 Å². The first-order valence-corrected chi connectivity index (χ1v) is 5.46. The molecular formula is C11H19N3O3. The summed E-state index contributed by atoms with van der Waals surface area (Å²) in [5, 5.41) is 17.1. The highest BCUT2D eigenvalue weighted by Crippen LogP contribution is 2.01. The lowest BCUT2D eigenvalue weighted by Gasteiger charge is -2.25. The van der Waals surface area contributed by atoms with E-state index >= 15 is 0 Å². The molecule has 0 aromatic rings. The standard InChI is InChI=1S/C11H19N3O3/c1-9(7-12)8-14(3)11(17)13(2)6-4-5-10(15)16/h9H,4-6,8H2,1-3H3,(H,15,16). The molecule has 0 saturated carbocycles. The second-order valence-corrected chi connectivity index (χ2v) is 4.11. The zero-order chi connectivity index (χ0) is 13.4. The normalized spacial score (nSPS) is 11.4. The summed E-state index contributed by atoms with van der Waals surface area (Å²) in [5.74, 6) is -1.08. The molecule has 96 valence electrons. The Morgan fingerprint density at radius 1 is 1.35 bits per heavy atom. The Labute approximate surface area is 101 Å². The molecule has 0 rings (SSSR count). The van der Waals surface area contributed by atoms with Gasteiger partial charge in [0.1, 0.15) is 0 Å². The molecule has 6 nitrogen and oxygen atoms in total. The van der Waals surface area contributed by atoms with Crippen LogP contribution in [0.1, 0.15) is 19.8 Å². The Balaban J connectivity index is 4.03. The molecular weight excluding hydrogens is 222 g/mol. The third-order valence-electron chi connectivity index (χ3n) is 2.31. The molecule has 0 bridgehead atoms. The Morgan fingerprint density at radius 2 is 1.94 bits per heavy atom. The first-order valence-electron chi connectivity index (χ1n) is 5.46. The lowest BCUT2D eigenvalue weighted by atomic mass is 10.2. The number of carbonyl (C=O) groups is 2. The SMILES string of the molecule is CC(C#N)CN(C)C(=O)N(C)CCCC(=O)O. The van der Waals surface area contributed by atoms with Gasteiger partial charge in [-0.15, -0.1) is 0 Å². The van der Waals surface area contributed by atoms with Crippen LogP contribution >= 0.6 is 0 Å². The number of carbonyl (C=O) groups excluding carboxylic acids is 1. The second kappa shape index (κ2) is 7.49. The summed E-state index contributed by atoms with van der Waals surface area (Å²) < 4.78 is 0. The number of rotatable bonds is 6. The van der Waals surface area contributed by atoms with Gasteiger partial charge in [0.25, 0.3) is 0 Å². The Morgan fingerprint density at radius 3 is 2.41 bits per heavy atom. The van der Waals surface area contributed by atoms with Crippen molar-refractivity contribution in [1.29, 1.82) is 5.26 Å². The zero-order valence-electron chi connectivity index (χ0n) is 10.5. The van der Waals surface area contributed by atoms with Gasteiger partial charge < -0.3 is 14.9 Å². The third kappa shape index (κ3) is 6.40. The van der Waals surface area contributed by atoms with Gasteiger partial charge in [-0.3, -0.25) is 4.79 Å². The molecule has 6 heteroatoms. The fourth-order valence-electron chi connectivity index (χ4n) is 1.38. The summed E-state index contributed by atoms with van der Waals surface area (Å²) in [5.41, 5.74) is 0. The van der Waals surface area contributed by atoms with E-state index in [1.807, 2.05) is 0 Å². The van der Waals surface area contributed by atoms with Crippen LogP contribution in [0.4, 0.5) is 4.79 Å². The van der Waals surface area contributed by atoms with E-state index in [2.05, 4.69) is 6.07 Å². The molecule has 0 aromatic heterocycles. The summed E-state index contributed by atoms with van der Waals surface area (Å²) >= 11 is 0. The van der Waals surface area contributed by atoms with E-state index in [1.54, 1.807) is 21.0 Å². The van der Waals surface area contributed by atoms with Crippen LogP contribution in [-0.2, 0) is 4.79 Å². The number of nitriles is 1. The maximum atomic E-state index is 11.8. The molecule has 0 aromatic carbocycles. The fourth-order valence-corrected chi connectivity index (χ4v) is 1.38. The van der Waals surface area contributed by atoms with Crippen molar-refractivity contribution in [3.05, 3.63) is 0 Å². The summed E-state index contributed by atoms with van der Waals surface area (Å²) in [6.45, 7) is 2.52. The first-order chi connectivity index (χ1) is 7.88. The highest BCUT2D eigenvalue weighted by Gasteiger charge is 2.16. The number of urea groups is 1. The van der Waals surface area contributed by atoms with E-state index in [0.29, 0.717) is 19.5 Å². The molecule has 17 heavy (non-hydrogen) atoms. The predicted molar refractivity (Wildman–Crippen MR) is 62.3 cm³/mol. The number of hydrogen-bond acceptors (Lipinski definition) is 3. The van der Waals surface area contributed by atoms with Crippen molar-refractivity contribution in [2.75, 3.05) is 27.2 Å². The molecule has 2 amide bonds. The lowest BCUT2D eigenvalue weighted by Crippen LogP contribution is -2.41. The first kappa shape index (κ1) is 15.2. The van der Waals surface area contributed by atoms with Crippen LogP contribution in [0.2, 0.25) is 0 Å². The van der Waals surface area contributed by atoms with E-state index in [-0.39, 0.29) is 18.4 Å². The van der Waals surface area contributed by atoms with Crippen LogP contribution in [0.5, 0.6) is 0 Å². The van der Waals surface area contributed by atoms with Crippen molar-refractivity contribution in [1.82, 2.24) is 9.80 Å². The van der Waals surface area contributed by atoms with Gasteiger partial charge in [-0.25, -0.2) is 4.79 Å². The van der Waals surface area contributed by atoms with Gasteiger partial charge >= 0.3 is 12.0 Å². The molecule has 0 aliphatic rings. The maximum absolute atomic E-state index is 11.8. The predicted octanol–water partition coefficient (Wildman–Crippen LogP) is 0.994. The van der Waals surface area contributed by atoms with Crippen LogP contribution in [0.15, 0.2) is 0 Å². The monoisotopic (exact) mass is 241 g/mol. The van der Waals surface area contributed by atoms with Gasteiger partial charge in [0.15, 0.2) is 0 Å². The number of aliphatic carboxylic acids is 1. The average Bonchev–Trinajstić information content (AvgIpc) is 2.26. The van der Waals surface area contributed by atoms with Crippen molar-refractivity contribution >= 4 is 12.0 Å².